The Kier molecular flexibility index (Phi) is 5.93. The van der Waals surface area contributed by atoms with Crippen LogP contribution < -0.4 is 10.6 Å². The van der Waals surface area contributed by atoms with E-state index in [1.807, 2.05) is 26.8 Å². The molecule has 1 heterocycles. The maximum absolute atomic E-state index is 12.2. The predicted molar refractivity (Wildman–Crippen MR) is 94.8 cm³/mol. The molecule has 0 aliphatic carbocycles. The summed E-state index contributed by atoms with van der Waals surface area (Å²) in [4.78, 5) is 36.9. The van der Waals surface area contributed by atoms with Crippen LogP contribution in [-0.4, -0.2) is 40.9 Å². The van der Waals surface area contributed by atoms with Gasteiger partial charge in [-0.2, -0.15) is 0 Å². The second-order valence-corrected chi connectivity index (χ2v) is 6.38. The molecule has 0 atom stereocenters. The molecule has 3 N–H and O–H groups in total. The van der Waals surface area contributed by atoms with Gasteiger partial charge in [0.25, 0.3) is 11.8 Å². The van der Waals surface area contributed by atoms with Crippen LogP contribution >= 0.6 is 0 Å². The summed E-state index contributed by atoms with van der Waals surface area (Å²) in [6.45, 7) is 5.47. The van der Waals surface area contributed by atoms with Crippen molar-refractivity contribution in [1.29, 1.82) is 0 Å². The molecule has 2 rings (SSSR count). The first-order chi connectivity index (χ1) is 11.8. The molecule has 3 amide bonds. The van der Waals surface area contributed by atoms with E-state index in [-0.39, 0.29) is 30.7 Å². The molecule has 1 aliphatic heterocycles. The maximum atomic E-state index is 12.2. The van der Waals surface area contributed by atoms with Crippen LogP contribution in [0.4, 0.5) is 11.4 Å². The molecule has 0 spiro atoms. The number of hydrogen-bond acceptors (Lipinski definition) is 5. The van der Waals surface area contributed by atoms with E-state index in [4.69, 9.17) is 5.11 Å². The molecule has 7 heteroatoms. The molecule has 0 bridgehead atoms. The van der Waals surface area contributed by atoms with Gasteiger partial charge in [-0.15, -0.1) is 0 Å². The highest BCUT2D eigenvalue weighted by molar-refractivity contribution is 6.17. The number of benzene rings is 1. The molecule has 0 radical (unpaired) electrons. The van der Waals surface area contributed by atoms with Crippen LogP contribution in [0.25, 0.3) is 0 Å². The van der Waals surface area contributed by atoms with Gasteiger partial charge in [-0.05, 0) is 30.5 Å². The molecule has 0 aromatic heterocycles. The molecular weight excluding hydrogens is 322 g/mol. The van der Waals surface area contributed by atoms with E-state index < -0.39 is 11.8 Å². The van der Waals surface area contributed by atoms with Gasteiger partial charge in [0.2, 0.25) is 5.91 Å². The van der Waals surface area contributed by atoms with Crippen molar-refractivity contribution in [1.82, 2.24) is 4.90 Å². The summed E-state index contributed by atoms with van der Waals surface area (Å²) in [7, 11) is 0. The van der Waals surface area contributed by atoms with Crippen molar-refractivity contribution in [3.05, 3.63) is 35.5 Å². The molecule has 1 aliphatic rings. The minimum absolute atomic E-state index is 0.0381. The molecule has 7 nitrogen and oxygen atoms in total. The Balaban J connectivity index is 2.13. The third-order valence-electron chi connectivity index (χ3n) is 3.72. The number of anilines is 2. The van der Waals surface area contributed by atoms with Crippen molar-refractivity contribution in [3.63, 3.8) is 0 Å². The lowest BCUT2D eigenvalue weighted by molar-refractivity contribution is -0.137. The first-order valence-electron chi connectivity index (χ1n) is 8.17. The van der Waals surface area contributed by atoms with Crippen LogP contribution in [0.1, 0.15) is 25.8 Å². The van der Waals surface area contributed by atoms with E-state index in [1.165, 1.54) is 6.08 Å². The monoisotopic (exact) mass is 345 g/mol. The Bertz CT molecular complexity index is 725. The fourth-order valence-electron chi connectivity index (χ4n) is 2.47. The van der Waals surface area contributed by atoms with Crippen molar-refractivity contribution < 1.29 is 19.5 Å². The van der Waals surface area contributed by atoms with Crippen LogP contribution in [0.5, 0.6) is 0 Å². The maximum Gasteiger partial charge on any atom is 0.277 e. The molecule has 0 saturated carbocycles. The molecule has 0 unspecified atom stereocenters. The van der Waals surface area contributed by atoms with Gasteiger partial charge < -0.3 is 15.7 Å². The number of amides is 3. The van der Waals surface area contributed by atoms with Crippen LogP contribution in [-0.2, 0) is 14.4 Å². The van der Waals surface area contributed by atoms with Crippen LogP contribution in [0, 0.1) is 12.8 Å². The number of β-amino-alcohol motifs (C(OH)–C–C–N with tert-alkyl or cyclic N) is 1. The zero-order valence-corrected chi connectivity index (χ0v) is 14.6. The lowest BCUT2D eigenvalue weighted by Gasteiger charge is -2.15. The van der Waals surface area contributed by atoms with Gasteiger partial charge >= 0.3 is 0 Å². The van der Waals surface area contributed by atoms with Crippen molar-refractivity contribution in [2.75, 3.05) is 23.8 Å². The van der Waals surface area contributed by atoms with Crippen molar-refractivity contribution in [3.8, 4) is 0 Å². The van der Waals surface area contributed by atoms with E-state index in [1.54, 1.807) is 12.1 Å². The third-order valence-corrected chi connectivity index (χ3v) is 3.72. The summed E-state index contributed by atoms with van der Waals surface area (Å²) in [5, 5.41) is 14.7. The SMILES string of the molecule is Cc1ccc(NC(=O)CC(C)C)cc1NC1=CC(=O)N(CCO)C1=O. The number of carbonyl (C=O) groups is 3. The zero-order chi connectivity index (χ0) is 18.6. The molecule has 1 aromatic rings. The Morgan fingerprint density at radius 1 is 1.28 bits per heavy atom. The molecule has 0 fully saturated rings. The number of rotatable bonds is 7. The topological polar surface area (TPSA) is 98.7 Å². The van der Waals surface area contributed by atoms with Crippen LogP contribution in [0.3, 0.4) is 0 Å². The van der Waals surface area contributed by atoms with Gasteiger partial charge in [0.1, 0.15) is 5.70 Å². The number of nitrogens with zero attached hydrogens (tertiary/aromatic N) is 1. The Morgan fingerprint density at radius 3 is 2.64 bits per heavy atom. The minimum Gasteiger partial charge on any atom is -0.395 e. The summed E-state index contributed by atoms with van der Waals surface area (Å²) in [5.41, 5.74) is 2.25. The first-order valence-corrected chi connectivity index (χ1v) is 8.17. The highest BCUT2D eigenvalue weighted by Gasteiger charge is 2.30. The normalized spacial score (nSPS) is 14.1. The summed E-state index contributed by atoms with van der Waals surface area (Å²) in [6.07, 6.45) is 1.63. The van der Waals surface area contributed by atoms with Gasteiger partial charge in [0, 0.05) is 23.9 Å². The largest absolute Gasteiger partial charge is 0.395 e. The average Bonchev–Trinajstić information content (AvgIpc) is 2.78. The number of imide groups is 1. The van der Waals surface area contributed by atoms with Crippen molar-refractivity contribution >= 4 is 29.1 Å². The van der Waals surface area contributed by atoms with Crippen molar-refractivity contribution in [2.24, 2.45) is 5.92 Å². The number of hydrogen-bond donors (Lipinski definition) is 3. The predicted octanol–water partition coefficient (Wildman–Crippen LogP) is 1.64. The molecular formula is C18H23N3O4. The zero-order valence-electron chi connectivity index (χ0n) is 14.6. The third kappa shape index (κ3) is 4.67. The number of aliphatic hydroxyl groups excluding tert-OH is 1. The second-order valence-electron chi connectivity index (χ2n) is 6.38. The average molecular weight is 345 g/mol. The van der Waals surface area contributed by atoms with Gasteiger partial charge in [0.15, 0.2) is 0 Å². The van der Waals surface area contributed by atoms with E-state index in [0.717, 1.165) is 10.5 Å². The molecule has 1 aromatic carbocycles. The highest BCUT2D eigenvalue weighted by Crippen LogP contribution is 2.24. The van der Waals surface area contributed by atoms with Crippen molar-refractivity contribution in [2.45, 2.75) is 27.2 Å². The number of nitrogens with one attached hydrogen (secondary N) is 2. The van der Waals surface area contributed by atoms with Gasteiger partial charge in [0.05, 0.1) is 13.2 Å². The van der Waals surface area contributed by atoms with E-state index >= 15 is 0 Å². The Hall–Kier alpha value is -2.67. The lowest BCUT2D eigenvalue weighted by atomic mass is 10.1. The highest BCUT2D eigenvalue weighted by atomic mass is 16.3. The van der Waals surface area contributed by atoms with Gasteiger partial charge in [-0.25, -0.2) is 0 Å². The van der Waals surface area contributed by atoms with Gasteiger partial charge in [-0.1, -0.05) is 19.9 Å². The van der Waals surface area contributed by atoms with E-state index in [2.05, 4.69) is 10.6 Å². The smallest absolute Gasteiger partial charge is 0.277 e. The van der Waals surface area contributed by atoms with E-state index in [0.29, 0.717) is 17.8 Å². The first kappa shape index (κ1) is 18.7. The minimum atomic E-state index is -0.479. The number of carbonyl (C=O) groups excluding carboxylic acids is 3. The molecule has 0 saturated heterocycles. The summed E-state index contributed by atoms with van der Waals surface area (Å²) in [5.74, 6) is -0.758. The lowest BCUT2D eigenvalue weighted by Crippen LogP contribution is -2.34. The second kappa shape index (κ2) is 7.94. The summed E-state index contributed by atoms with van der Waals surface area (Å²) >= 11 is 0. The summed E-state index contributed by atoms with van der Waals surface area (Å²) < 4.78 is 0. The quantitative estimate of drug-likeness (QED) is 0.653. The molecule has 134 valence electrons. The van der Waals surface area contributed by atoms with Gasteiger partial charge in [-0.3, -0.25) is 19.3 Å². The number of aryl methyl sites for hydroxylation is 1. The summed E-state index contributed by atoms with van der Waals surface area (Å²) in [6, 6.07) is 5.33. The van der Waals surface area contributed by atoms with Crippen LogP contribution in [0.2, 0.25) is 0 Å². The van der Waals surface area contributed by atoms with E-state index in [9.17, 15) is 14.4 Å². The molecule has 25 heavy (non-hydrogen) atoms. The van der Waals surface area contributed by atoms with Crippen LogP contribution in [0.15, 0.2) is 30.0 Å². The fourth-order valence-corrected chi connectivity index (χ4v) is 2.47. The Morgan fingerprint density at radius 2 is 2.00 bits per heavy atom. The fraction of sp³-hybridized carbons (Fsp3) is 0.389. The standard InChI is InChI=1S/C18H23N3O4/c1-11(2)8-16(23)19-13-5-4-12(3)14(9-13)20-15-10-17(24)21(6-7-22)18(15)25/h4-5,9-11,20,22H,6-8H2,1-3H3,(H,19,23). The number of aliphatic hydroxyl groups is 1. The Labute approximate surface area is 146 Å².